The fraction of sp³-hybridized carbons (Fsp3) is 0.562. The Morgan fingerprint density at radius 1 is 1.30 bits per heavy atom. The predicted molar refractivity (Wildman–Crippen MR) is 79.7 cm³/mol. The number of ether oxygens (including phenoxy) is 2. The maximum absolute atomic E-state index is 11.5. The van der Waals surface area contributed by atoms with Crippen LogP contribution in [0.25, 0.3) is 0 Å². The van der Waals surface area contributed by atoms with Gasteiger partial charge in [-0.05, 0) is 23.5 Å². The Labute approximate surface area is 121 Å². The molecule has 0 aromatic heterocycles. The minimum absolute atomic E-state index is 0.155. The first-order chi connectivity index (χ1) is 9.54. The largest absolute Gasteiger partial charge is 0.443 e. The summed E-state index contributed by atoms with van der Waals surface area (Å²) in [6.07, 6.45) is -0.100. The van der Waals surface area contributed by atoms with Crippen molar-refractivity contribution in [3.63, 3.8) is 0 Å². The van der Waals surface area contributed by atoms with Crippen LogP contribution in [-0.4, -0.2) is 26.4 Å². The summed E-state index contributed by atoms with van der Waals surface area (Å²) in [7, 11) is 3.21. The number of nitrogens with one attached hydrogen (secondary N) is 1. The quantitative estimate of drug-likeness (QED) is 0.869. The lowest BCUT2D eigenvalue weighted by Crippen LogP contribution is -2.35. The van der Waals surface area contributed by atoms with Gasteiger partial charge in [-0.1, -0.05) is 45.0 Å². The van der Waals surface area contributed by atoms with Crippen molar-refractivity contribution in [3.05, 3.63) is 35.4 Å². The molecule has 0 fully saturated rings. The second kappa shape index (κ2) is 7.90. The van der Waals surface area contributed by atoms with Crippen LogP contribution in [0.5, 0.6) is 0 Å². The molecule has 1 amide bonds. The molecule has 2 atom stereocenters. The monoisotopic (exact) mass is 279 g/mol. The number of aryl methyl sites for hydroxylation is 1. The Hall–Kier alpha value is -1.55. The van der Waals surface area contributed by atoms with Gasteiger partial charge in [0.1, 0.15) is 12.2 Å². The molecule has 0 aliphatic heterocycles. The molecule has 1 aromatic rings. The molecule has 0 aliphatic carbocycles. The van der Waals surface area contributed by atoms with E-state index in [1.807, 2.05) is 32.0 Å². The molecule has 1 N–H and O–H groups in total. The van der Waals surface area contributed by atoms with E-state index in [0.717, 1.165) is 12.0 Å². The SMILES string of the molecule is CCc1ccccc1C(OC)C(OC(=O)NC)C(C)C. The third kappa shape index (κ3) is 3.97. The van der Waals surface area contributed by atoms with Crippen LogP contribution in [0, 0.1) is 5.92 Å². The normalized spacial score (nSPS) is 13.9. The third-order valence-electron chi connectivity index (χ3n) is 3.40. The lowest BCUT2D eigenvalue weighted by Gasteiger charge is -2.30. The topological polar surface area (TPSA) is 47.6 Å². The fourth-order valence-corrected chi connectivity index (χ4v) is 2.30. The molecule has 0 saturated heterocycles. The van der Waals surface area contributed by atoms with E-state index in [1.165, 1.54) is 5.56 Å². The average molecular weight is 279 g/mol. The highest BCUT2D eigenvalue weighted by Gasteiger charge is 2.30. The van der Waals surface area contributed by atoms with E-state index >= 15 is 0 Å². The van der Waals surface area contributed by atoms with Crippen molar-refractivity contribution in [1.82, 2.24) is 5.32 Å². The standard InChI is InChI=1S/C16H25NO3/c1-6-12-9-7-8-10-13(12)15(19-5)14(11(2)3)20-16(18)17-4/h7-11,14-15H,6H2,1-5H3,(H,17,18). The highest BCUT2D eigenvalue weighted by molar-refractivity contribution is 5.67. The molecule has 20 heavy (non-hydrogen) atoms. The van der Waals surface area contributed by atoms with Gasteiger partial charge in [-0.3, -0.25) is 0 Å². The molecule has 0 saturated carbocycles. The van der Waals surface area contributed by atoms with E-state index in [9.17, 15) is 4.79 Å². The van der Waals surface area contributed by atoms with Crippen molar-refractivity contribution in [2.24, 2.45) is 5.92 Å². The Kier molecular flexibility index (Phi) is 6.52. The van der Waals surface area contributed by atoms with Crippen molar-refractivity contribution in [1.29, 1.82) is 0 Å². The van der Waals surface area contributed by atoms with Crippen molar-refractivity contribution >= 4 is 6.09 Å². The molecular weight excluding hydrogens is 254 g/mol. The first kappa shape index (κ1) is 16.5. The van der Waals surface area contributed by atoms with Gasteiger partial charge < -0.3 is 14.8 Å². The lowest BCUT2D eigenvalue weighted by atomic mass is 9.92. The maximum Gasteiger partial charge on any atom is 0.407 e. The molecule has 1 rings (SSSR count). The van der Waals surface area contributed by atoms with Gasteiger partial charge >= 0.3 is 6.09 Å². The van der Waals surface area contributed by atoms with Crippen molar-refractivity contribution in [3.8, 4) is 0 Å². The van der Waals surface area contributed by atoms with Crippen LogP contribution >= 0.6 is 0 Å². The zero-order valence-electron chi connectivity index (χ0n) is 13.0. The van der Waals surface area contributed by atoms with E-state index in [2.05, 4.69) is 18.3 Å². The van der Waals surface area contributed by atoms with Crippen LogP contribution in [0.4, 0.5) is 4.79 Å². The van der Waals surface area contributed by atoms with Crippen molar-refractivity contribution < 1.29 is 14.3 Å². The van der Waals surface area contributed by atoms with Crippen LogP contribution in [-0.2, 0) is 15.9 Å². The summed E-state index contributed by atoms with van der Waals surface area (Å²) in [4.78, 5) is 11.5. The molecule has 2 unspecified atom stereocenters. The maximum atomic E-state index is 11.5. The van der Waals surface area contributed by atoms with Gasteiger partial charge in [-0.15, -0.1) is 0 Å². The number of methoxy groups -OCH3 is 1. The van der Waals surface area contributed by atoms with Crippen LogP contribution in [0.2, 0.25) is 0 Å². The smallest absolute Gasteiger partial charge is 0.407 e. The van der Waals surface area contributed by atoms with Gasteiger partial charge in [-0.2, -0.15) is 0 Å². The summed E-state index contributed by atoms with van der Waals surface area (Å²) >= 11 is 0. The molecule has 0 spiro atoms. The molecule has 4 nitrogen and oxygen atoms in total. The molecule has 0 bridgehead atoms. The molecule has 0 heterocycles. The summed E-state index contributed by atoms with van der Waals surface area (Å²) in [5.74, 6) is 0.155. The third-order valence-corrected chi connectivity index (χ3v) is 3.40. The Morgan fingerprint density at radius 3 is 2.45 bits per heavy atom. The number of carbonyl (C=O) groups is 1. The average Bonchev–Trinajstić information content (AvgIpc) is 2.46. The van der Waals surface area contributed by atoms with Crippen LogP contribution < -0.4 is 5.32 Å². The lowest BCUT2D eigenvalue weighted by molar-refractivity contribution is -0.0448. The summed E-state index contributed by atoms with van der Waals surface area (Å²) in [5, 5.41) is 2.49. The molecular formula is C16H25NO3. The Bertz CT molecular complexity index is 431. The van der Waals surface area contributed by atoms with E-state index in [4.69, 9.17) is 9.47 Å². The van der Waals surface area contributed by atoms with E-state index in [0.29, 0.717) is 0 Å². The van der Waals surface area contributed by atoms with Gasteiger partial charge in [0.15, 0.2) is 0 Å². The molecule has 112 valence electrons. The molecule has 0 radical (unpaired) electrons. The number of hydrogen-bond acceptors (Lipinski definition) is 3. The van der Waals surface area contributed by atoms with E-state index in [-0.39, 0.29) is 18.1 Å². The minimum Gasteiger partial charge on any atom is -0.443 e. The van der Waals surface area contributed by atoms with Crippen molar-refractivity contribution in [2.45, 2.75) is 39.4 Å². The number of hydrogen-bond donors (Lipinski definition) is 1. The summed E-state index contributed by atoms with van der Waals surface area (Å²) in [5.41, 5.74) is 2.30. The second-order valence-electron chi connectivity index (χ2n) is 5.07. The van der Waals surface area contributed by atoms with Crippen LogP contribution in [0.1, 0.15) is 38.0 Å². The molecule has 1 aromatic carbocycles. The molecule has 0 aliphatic rings. The first-order valence-electron chi connectivity index (χ1n) is 7.04. The first-order valence-corrected chi connectivity index (χ1v) is 7.04. The van der Waals surface area contributed by atoms with Gasteiger partial charge in [0.2, 0.25) is 0 Å². The molecule has 4 heteroatoms. The van der Waals surface area contributed by atoms with Gasteiger partial charge in [0, 0.05) is 14.2 Å². The highest BCUT2D eigenvalue weighted by atomic mass is 16.6. The van der Waals surface area contributed by atoms with Crippen molar-refractivity contribution in [2.75, 3.05) is 14.2 Å². The van der Waals surface area contributed by atoms with Gasteiger partial charge in [0.25, 0.3) is 0 Å². The number of alkyl carbamates (subject to hydrolysis) is 1. The van der Waals surface area contributed by atoms with Crippen LogP contribution in [0.3, 0.4) is 0 Å². The number of benzene rings is 1. The minimum atomic E-state index is -0.431. The number of amides is 1. The van der Waals surface area contributed by atoms with Crippen LogP contribution in [0.15, 0.2) is 24.3 Å². The second-order valence-corrected chi connectivity index (χ2v) is 5.07. The highest BCUT2D eigenvalue weighted by Crippen LogP contribution is 2.30. The summed E-state index contributed by atoms with van der Waals surface area (Å²) < 4.78 is 11.1. The summed E-state index contributed by atoms with van der Waals surface area (Å²) in [6.45, 7) is 6.15. The zero-order chi connectivity index (χ0) is 15.1. The Balaban J connectivity index is 3.09. The fourth-order valence-electron chi connectivity index (χ4n) is 2.30. The summed E-state index contributed by atoms with van der Waals surface area (Å²) in [6, 6.07) is 8.12. The predicted octanol–water partition coefficient (Wildman–Crippen LogP) is 3.32. The van der Waals surface area contributed by atoms with Gasteiger partial charge in [-0.25, -0.2) is 4.79 Å². The van der Waals surface area contributed by atoms with E-state index < -0.39 is 6.09 Å². The van der Waals surface area contributed by atoms with E-state index in [1.54, 1.807) is 14.2 Å². The number of rotatable bonds is 6. The number of carbonyl (C=O) groups excluding carboxylic acids is 1. The Morgan fingerprint density at radius 2 is 1.95 bits per heavy atom. The van der Waals surface area contributed by atoms with Gasteiger partial charge in [0.05, 0.1) is 0 Å². The zero-order valence-corrected chi connectivity index (χ0v) is 13.0.